The van der Waals surface area contributed by atoms with Crippen molar-refractivity contribution in [2.75, 3.05) is 6.61 Å². The van der Waals surface area contributed by atoms with Gasteiger partial charge in [0.25, 0.3) is 0 Å². The van der Waals surface area contributed by atoms with E-state index < -0.39 is 11.8 Å². The van der Waals surface area contributed by atoms with Crippen molar-refractivity contribution >= 4 is 11.8 Å². The summed E-state index contributed by atoms with van der Waals surface area (Å²) in [6.45, 7) is 1.95. The van der Waals surface area contributed by atoms with Gasteiger partial charge in [-0.3, -0.25) is 4.79 Å². The summed E-state index contributed by atoms with van der Waals surface area (Å²) in [6, 6.07) is 0. The Balaban J connectivity index is 2.03. The van der Waals surface area contributed by atoms with E-state index in [1.54, 1.807) is 0 Å². The van der Waals surface area contributed by atoms with Gasteiger partial charge in [0.05, 0.1) is 0 Å². The van der Waals surface area contributed by atoms with Gasteiger partial charge in [0.1, 0.15) is 11.3 Å². The minimum Gasteiger partial charge on any atom is -0.511 e. The molecule has 4 nitrogen and oxygen atoms in total. The van der Waals surface area contributed by atoms with Gasteiger partial charge in [-0.25, -0.2) is 4.79 Å². The lowest BCUT2D eigenvalue weighted by atomic mass is 10.0. The molecule has 4 heteroatoms. The van der Waals surface area contributed by atoms with Crippen molar-refractivity contribution in [1.82, 2.24) is 0 Å². The second kappa shape index (κ2) is 11.0. The molecule has 1 heterocycles. The maximum Gasteiger partial charge on any atom is 0.345 e. The quantitative estimate of drug-likeness (QED) is 0.153. The summed E-state index contributed by atoms with van der Waals surface area (Å²) in [6.07, 6.45) is 15.0. The fourth-order valence-electron chi connectivity index (χ4n) is 2.46. The first-order chi connectivity index (χ1) is 10.7. The standard InChI is InChI=1S/C18H28O4/c1-2-3-4-5-6-7-8-9-10-11-12-13-15(19)17-16(20)14-22-18(17)21/h4-5,19H,2-3,6-14H2,1H3/b5-4-,17-15?. The summed E-state index contributed by atoms with van der Waals surface area (Å²) in [5.41, 5.74) is -0.140. The zero-order valence-corrected chi connectivity index (χ0v) is 13.6. The van der Waals surface area contributed by atoms with Gasteiger partial charge < -0.3 is 9.84 Å². The predicted molar refractivity (Wildman–Crippen MR) is 86.6 cm³/mol. The van der Waals surface area contributed by atoms with Gasteiger partial charge in [0.2, 0.25) is 5.78 Å². The Kier molecular flexibility index (Phi) is 9.28. The lowest BCUT2D eigenvalue weighted by Crippen LogP contribution is -2.05. The van der Waals surface area contributed by atoms with E-state index in [1.165, 1.54) is 32.1 Å². The average Bonchev–Trinajstić information content (AvgIpc) is 2.83. The van der Waals surface area contributed by atoms with Crippen molar-refractivity contribution in [3.8, 4) is 0 Å². The third-order valence-corrected chi connectivity index (χ3v) is 3.76. The molecule has 0 aliphatic carbocycles. The van der Waals surface area contributed by atoms with Gasteiger partial charge in [0.15, 0.2) is 6.61 Å². The number of hydrogen-bond acceptors (Lipinski definition) is 4. The van der Waals surface area contributed by atoms with Crippen LogP contribution in [-0.4, -0.2) is 23.5 Å². The zero-order chi connectivity index (χ0) is 16.2. The molecule has 0 atom stereocenters. The summed E-state index contributed by atoms with van der Waals surface area (Å²) >= 11 is 0. The minimum absolute atomic E-state index is 0.103. The van der Waals surface area contributed by atoms with Crippen LogP contribution in [0.5, 0.6) is 0 Å². The topological polar surface area (TPSA) is 63.6 Å². The van der Waals surface area contributed by atoms with E-state index in [1.807, 2.05) is 0 Å². The molecule has 1 aliphatic heterocycles. The number of unbranched alkanes of at least 4 members (excludes halogenated alkanes) is 7. The second-order valence-corrected chi connectivity index (χ2v) is 5.74. The van der Waals surface area contributed by atoms with E-state index in [2.05, 4.69) is 23.8 Å². The van der Waals surface area contributed by atoms with Crippen LogP contribution in [0.2, 0.25) is 0 Å². The highest BCUT2D eigenvalue weighted by Crippen LogP contribution is 2.18. The Hall–Kier alpha value is -1.58. The smallest absolute Gasteiger partial charge is 0.345 e. The summed E-state index contributed by atoms with van der Waals surface area (Å²) in [5, 5.41) is 9.78. The summed E-state index contributed by atoms with van der Waals surface area (Å²) in [4.78, 5) is 22.6. The number of aliphatic hydroxyl groups is 1. The molecular formula is C18H28O4. The van der Waals surface area contributed by atoms with Crippen molar-refractivity contribution in [3.05, 3.63) is 23.5 Å². The van der Waals surface area contributed by atoms with Crippen LogP contribution in [0.3, 0.4) is 0 Å². The summed E-state index contributed by atoms with van der Waals surface area (Å²) in [5.74, 6) is -1.19. The molecule has 0 aromatic heterocycles. The number of esters is 1. The molecule has 0 bridgehead atoms. The van der Waals surface area contributed by atoms with E-state index in [-0.39, 0.29) is 17.9 Å². The van der Waals surface area contributed by atoms with Crippen molar-refractivity contribution in [3.63, 3.8) is 0 Å². The fourth-order valence-corrected chi connectivity index (χ4v) is 2.46. The molecule has 0 radical (unpaired) electrons. The molecule has 1 N–H and O–H groups in total. The van der Waals surface area contributed by atoms with Crippen molar-refractivity contribution < 1.29 is 19.4 Å². The molecule has 0 aromatic rings. The van der Waals surface area contributed by atoms with E-state index in [0.717, 1.165) is 25.7 Å². The Bertz CT molecular complexity index is 403. The molecule has 0 amide bonds. The number of ketones is 1. The molecule has 0 spiro atoms. The van der Waals surface area contributed by atoms with Gasteiger partial charge >= 0.3 is 5.97 Å². The first-order valence-corrected chi connectivity index (χ1v) is 8.44. The number of carbonyl (C=O) groups is 2. The third-order valence-electron chi connectivity index (χ3n) is 3.76. The lowest BCUT2D eigenvalue weighted by molar-refractivity contribution is -0.135. The number of ether oxygens (including phenoxy) is 1. The van der Waals surface area contributed by atoms with E-state index in [4.69, 9.17) is 0 Å². The number of allylic oxidation sites excluding steroid dienone is 3. The van der Waals surface area contributed by atoms with Crippen LogP contribution in [0.4, 0.5) is 0 Å². The molecule has 1 aliphatic rings. The number of Topliss-reactive ketones (excluding diaryl/α,β-unsaturated/α-hetero) is 1. The predicted octanol–water partition coefficient (Wildman–Crippen LogP) is 4.40. The zero-order valence-electron chi connectivity index (χ0n) is 13.6. The van der Waals surface area contributed by atoms with Crippen LogP contribution < -0.4 is 0 Å². The van der Waals surface area contributed by atoms with E-state index in [9.17, 15) is 14.7 Å². The number of cyclic esters (lactones) is 1. The number of rotatable bonds is 11. The number of aliphatic hydroxyl groups excluding tert-OH is 1. The van der Waals surface area contributed by atoms with Crippen LogP contribution >= 0.6 is 0 Å². The Labute approximate surface area is 133 Å². The van der Waals surface area contributed by atoms with Crippen molar-refractivity contribution in [2.24, 2.45) is 0 Å². The molecule has 124 valence electrons. The third kappa shape index (κ3) is 6.92. The molecular weight excluding hydrogens is 280 g/mol. The summed E-state index contributed by atoms with van der Waals surface area (Å²) < 4.78 is 4.59. The van der Waals surface area contributed by atoms with Crippen LogP contribution in [0.1, 0.15) is 71.1 Å². The Morgan fingerprint density at radius 2 is 1.68 bits per heavy atom. The molecule has 22 heavy (non-hydrogen) atoms. The second-order valence-electron chi connectivity index (χ2n) is 5.74. The highest BCUT2D eigenvalue weighted by molar-refractivity contribution is 6.22. The highest BCUT2D eigenvalue weighted by Gasteiger charge is 2.31. The van der Waals surface area contributed by atoms with E-state index in [0.29, 0.717) is 6.42 Å². The normalized spacial score (nSPS) is 17.3. The van der Waals surface area contributed by atoms with Gasteiger partial charge in [0, 0.05) is 6.42 Å². The van der Waals surface area contributed by atoms with Crippen LogP contribution in [0.25, 0.3) is 0 Å². The largest absolute Gasteiger partial charge is 0.511 e. The SMILES string of the molecule is CCC/C=C\CCCCCCCCC(O)=C1C(=O)COC1=O. The Morgan fingerprint density at radius 1 is 1.05 bits per heavy atom. The highest BCUT2D eigenvalue weighted by atomic mass is 16.5. The monoisotopic (exact) mass is 308 g/mol. The number of hydrogen-bond donors (Lipinski definition) is 1. The molecule has 1 fully saturated rings. The fraction of sp³-hybridized carbons (Fsp3) is 0.667. The first kappa shape index (κ1) is 18.5. The maximum absolute atomic E-state index is 11.4. The van der Waals surface area contributed by atoms with Crippen LogP contribution in [0, 0.1) is 0 Å². The Morgan fingerprint density at radius 3 is 2.32 bits per heavy atom. The van der Waals surface area contributed by atoms with Crippen LogP contribution in [0.15, 0.2) is 23.5 Å². The van der Waals surface area contributed by atoms with Crippen molar-refractivity contribution in [2.45, 2.75) is 71.1 Å². The van der Waals surface area contributed by atoms with E-state index >= 15 is 0 Å². The van der Waals surface area contributed by atoms with Crippen LogP contribution in [-0.2, 0) is 14.3 Å². The molecule has 0 aromatic carbocycles. The molecule has 0 unspecified atom stereocenters. The minimum atomic E-state index is -0.682. The lowest BCUT2D eigenvalue weighted by Gasteiger charge is -2.02. The van der Waals surface area contributed by atoms with Gasteiger partial charge in [-0.2, -0.15) is 0 Å². The van der Waals surface area contributed by atoms with Gasteiger partial charge in [-0.05, 0) is 25.7 Å². The first-order valence-electron chi connectivity index (χ1n) is 8.44. The average molecular weight is 308 g/mol. The molecule has 1 saturated heterocycles. The van der Waals surface area contributed by atoms with Gasteiger partial charge in [-0.1, -0.05) is 51.2 Å². The summed E-state index contributed by atoms with van der Waals surface area (Å²) in [7, 11) is 0. The number of carbonyl (C=O) groups excluding carboxylic acids is 2. The van der Waals surface area contributed by atoms with Gasteiger partial charge in [-0.15, -0.1) is 0 Å². The molecule has 0 saturated carbocycles. The molecule has 1 rings (SSSR count). The maximum atomic E-state index is 11.4. The van der Waals surface area contributed by atoms with Crippen molar-refractivity contribution in [1.29, 1.82) is 0 Å².